The number of ether oxygens (including phenoxy) is 1. The lowest BCUT2D eigenvalue weighted by Gasteiger charge is -2.13. The Morgan fingerprint density at radius 3 is 2.24 bits per heavy atom. The van der Waals surface area contributed by atoms with Gasteiger partial charge in [-0.2, -0.15) is 0 Å². The molecule has 168 valence electrons. The molecule has 0 atom stereocenters. The number of benzene rings is 2. The van der Waals surface area contributed by atoms with Crippen molar-refractivity contribution in [3.8, 4) is 11.1 Å². The van der Waals surface area contributed by atoms with E-state index in [0.717, 1.165) is 14.9 Å². The molecule has 3 aromatic rings. The van der Waals surface area contributed by atoms with Gasteiger partial charge >= 0.3 is 5.97 Å². The van der Waals surface area contributed by atoms with Crippen molar-refractivity contribution < 1.29 is 23.9 Å². The Bertz CT molecular complexity index is 1220. The Morgan fingerprint density at radius 2 is 1.64 bits per heavy atom. The molecule has 0 spiro atoms. The van der Waals surface area contributed by atoms with E-state index in [1.807, 2.05) is 24.3 Å². The largest absolute Gasteiger partial charge is 0.462 e. The van der Waals surface area contributed by atoms with Crippen LogP contribution in [0.2, 0.25) is 0 Å². The molecule has 1 aliphatic heterocycles. The number of anilines is 1. The van der Waals surface area contributed by atoms with Crippen LogP contribution < -0.4 is 5.32 Å². The van der Waals surface area contributed by atoms with Gasteiger partial charge in [0.2, 0.25) is 5.91 Å². The maximum absolute atomic E-state index is 12.7. The number of carbonyl (C=O) groups is 4. The highest BCUT2D eigenvalue weighted by atomic mass is 79.9. The van der Waals surface area contributed by atoms with E-state index in [1.165, 1.54) is 11.3 Å². The molecular formula is C24H19BrN2O5S. The van der Waals surface area contributed by atoms with E-state index in [1.54, 1.807) is 36.6 Å². The van der Waals surface area contributed by atoms with Crippen LogP contribution in [0.25, 0.3) is 11.1 Å². The van der Waals surface area contributed by atoms with Crippen molar-refractivity contribution in [3.63, 3.8) is 0 Å². The predicted octanol–water partition coefficient (Wildman–Crippen LogP) is 4.98. The number of esters is 1. The van der Waals surface area contributed by atoms with Crippen LogP contribution in [0, 0.1) is 0 Å². The molecule has 3 amide bonds. The van der Waals surface area contributed by atoms with Gasteiger partial charge in [-0.15, -0.1) is 11.3 Å². The van der Waals surface area contributed by atoms with Gasteiger partial charge in [0, 0.05) is 28.4 Å². The summed E-state index contributed by atoms with van der Waals surface area (Å²) >= 11 is 4.61. The molecule has 0 fully saturated rings. The third-order valence-electron chi connectivity index (χ3n) is 5.12. The van der Waals surface area contributed by atoms with Gasteiger partial charge < -0.3 is 10.1 Å². The number of imide groups is 1. The van der Waals surface area contributed by atoms with Crippen molar-refractivity contribution >= 4 is 56.0 Å². The molecule has 1 aliphatic rings. The Kier molecular flexibility index (Phi) is 6.71. The van der Waals surface area contributed by atoms with Crippen LogP contribution >= 0.6 is 27.3 Å². The van der Waals surface area contributed by atoms with Crippen LogP contribution in [-0.4, -0.2) is 41.7 Å². The van der Waals surface area contributed by atoms with Crippen molar-refractivity contribution in [3.05, 3.63) is 75.1 Å². The molecule has 1 N–H and O–H groups in total. The molecule has 0 saturated heterocycles. The summed E-state index contributed by atoms with van der Waals surface area (Å²) in [6.45, 7) is 1.85. The Hall–Kier alpha value is -3.30. The maximum atomic E-state index is 12.7. The van der Waals surface area contributed by atoms with Gasteiger partial charge in [0.25, 0.3) is 11.8 Å². The molecule has 0 saturated carbocycles. The van der Waals surface area contributed by atoms with Crippen molar-refractivity contribution in [2.45, 2.75) is 13.3 Å². The Morgan fingerprint density at radius 1 is 1.00 bits per heavy atom. The second kappa shape index (κ2) is 9.68. The van der Waals surface area contributed by atoms with E-state index in [0.29, 0.717) is 21.7 Å². The Labute approximate surface area is 202 Å². The molecule has 0 radical (unpaired) electrons. The highest BCUT2D eigenvalue weighted by Crippen LogP contribution is 2.37. The number of halogens is 1. The van der Waals surface area contributed by atoms with Crippen molar-refractivity contribution in [2.24, 2.45) is 0 Å². The zero-order valence-electron chi connectivity index (χ0n) is 17.6. The van der Waals surface area contributed by atoms with Crippen LogP contribution in [0.15, 0.2) is 58.4 Å². The van der Waals surface area contributed by atoms with Gasteiger partial charge in [-0.25, -0.2) is 4.79 Å². The van der Waals surface area contributed by atoms with E-state index in [9.17, 15) is 19.2 Å². The third kappa shape index (κ3) is 4.60. The van der Waals surface area contributed by atoms with Gasteiger partial charge in [-0.3, -0.25) is 19.3 Å². The standard InChI is InChI=1S/C24H19BrN2O5S/c1-2-32-24(31)20-18(14-7-9-15(25)10-8-14)13-33-21(20)26-19(28)11-12-27-22(29)16-5-3-4-6-17(16)23(27)30/h3-10,13H,2,11-12H2,1H3,(H,26,28). The molecule has 2 aromatic carbocycles. The number of nitrogens with zero attached hydrogens (tertiary/aromatic N) is 1. The molecule has 4 rings (SSSR count). The first kappa shape index (κ1) is 22.9. The summed E-state index contributed by atoms with van der Waals surface area (Å²) in [4.78, 5) is 51.4. The number of rotatable bonds is 7. The number of amides is 3. The summed E-state index contributed by atoms with van der Waals surface area (Å²) in [7, 11) is 0. The summed E-state index contributed by atoms with van der Waals surface area (Å²) in [5.41, 5.74) is 2.42. The number of fused-ring (bicyclic) bond motifs is 1. The van der Waals surface area contributed by atoms with Gasteiger partial charge in [0.05, 0.1) is 17.7 Å². The summed E-state index contributed by atoms with van der Waals surface area (Å²) < 4.78 is 6.11. The van der Waals surface area contributed by atoms with Gasteiger partial charge in [-0.05, 0) is 36.8 Å². The van der Waals surface area contributed by atoms with E-state index in [-0.39, 0.29) is 25.1 Å². The lowest BCUT2D eigenvalue weighted by atomic mass is 10.0. The third-order valence-corrected chi connectivity index (χ3v) is 6.54. The minimum atomic E-state index is -0.535. The van der Waals surface area contributed by atoms with Gasteiger partial charge in [0.15, 0.2) is 0 Å². The molecule has 0 bridgehead atoms. The zero-order chi connectivity index (χ0) is 23.5. The minimum Gasteiger partial charge on any atom is -0.462 e. The lowest BCUT2D eigenvalue weighted by molar-refractivity contribution is -0.116. The monoisotopic (exact) mass is 526 g/mol. The first-order valence-corrected chi connectivity index (χ1v) is 11.9. The number of hydrogen-bond acceptors (Lipinski definition) is 6. The highest BCUT2D eigenvalue weighted by Gasteiger charge is 2.35. The van der Waals surface area contributed by atoms with Crippen LogP contribution in [0.1, 0.15) is 44.4 Å². The fourth-order valence-electron chi connectivity index (χ4n) is 3.54. The number of nitrogens with one attached hydrogen (secondary N) is 1. The van der Waals surface area contributed by atoms with Crippen LogP contribution in [0.3, 0.4) is 0 Å². The average molecular weight is 527 g/mol. The molecule has 9 heteroatoms. The summed E-state index contributed by atoms with van der Waals surface area (Å²) in [6, 6.07) is 14.0. The van der Waals surface area contributed by atoms with Gasteiger partial charge in [-0.1, -0.05) is 40.2 Å². The zero-order valence-corrected chi connectivity index (χ0v) is 20.0. The van der Waals surface area contributed by atoms with Crippen LogP contribution in [-0.2, 0) is 9.53 Å². The SMILES string of the molecule is CCOC(=O)c1c(-c2ccc(Br)cc2)csc1NC(=O)CCN1C(=O)c2ccccc2C1=O. The van der Waals surface area contributed by atoms with Crippen molar-refractivity contribution in [1.29, 1.82) is 0 Å². The summed E-state index contributed by atoms with van der Waals surface area (Å²) in [5, 5.41) is 4.89. The Balaban J connectivity index is 1.50. The van der Waals surface area contributed by atoms with E-state index in [2.05, 4.69) is 21.2 Å². The second-order valence-corrected chi connectivity index (χ2v) is 8.98. The predicted molar refractivity (Wildman–Crippen MR) is 128 cm³/mol. The van der Waals surface area contributed by atoms with Crippen LogP contribution in [0.4, 0.5) is 5.00 Å². The average Bonchev–Trinajstić information content (AvgIpc) is 3.32. The lowest BCUT2D eigenvalue weighted by Crippen LogP contribution is -2.32. The molecule has 2 heterocycles. The van der Waals surface area contributed by atoms with Crippen molar-refractivity contribution in [1.82, 2.24) is 4.90 Å². The first-order chi connectivity index (χ1) is 15.9. The molecule has 1 aromatic heterocycles. The molecular weight excluding hydrogens is 508 g/mol. The fourth-order valence-corrected chi connectivity index (χ4v) is 4.78. The smallest absolute Gasteiger partial charge is 0.341 e. The highest BCUT2D eigenvalue weighted by molar-refractivity contribution is 9.10. The number of hydrogen-bond donors (Lipinski definition) is 1. The molecule has 0 unspecified atom stereocenters. The minimum absolute atomic E-state index is 0.0577. The number of thiophene rings is 1. The van der Waals surface area contributed by atoms with E-state index in [4.69, 9.17) is 4.74 Å². The van der Waals surface area contributed by atoms with E-state index < -0.39 is 23.7 Å². The molecule has 7 nitrogen and oxygen atoms in total. The topological polar surface area (TPSA) is 92.8 Å². The summed E-state index contributed by atoms with van der Waals surface area (Å²) in [5.74, 6) is -1.78. The van der Waals surface area contributed by atoms with Gasteiger partial charge in [0.1, 0.15) is 10.6 Å². The maximum Gasteiger partial charge on any atom is 0.341 e. The summed E-state index contributed by atoms with van der Waals surface area (Å²) in [6.07, 6.45) is -0.0980. The number of carbonyl (C=O) groups excluding carboxylic acids is 4. The van der Waals surface area contributed by atoms with Crippen LogP contribution in [0.5, 0.6) is 0 Å². The second-order valence-electron chi connectivity index (χ2n) is 7.19. The fraction of sp³-hybridized carbons (Fsp3) is 0.167. The molecule has 0 aliphatic carbocycles. The van der Waals surface area contributed by atoms with Crippen molar-refractivity contribution in [2.75, 3.05) is 18.5 Å². The quantitative estimate of drug-likeness (QED) is 0.346. The first-order valence-electron chi connectivity index (χ1n) is 10.2. The molecule has 33 heavy (non-hydrogen) atoms. The normalized spacial score (nSPS) is 12.6. The van der Waals surface area contributed by atoms with E-state index >= 15 is 0 Å².